The second-order valence-electron chi connectivity index (χ2n) is 23.3. The second-order valence-corrected chi connectivity index (χ2v) is 23.3. The molecule has 77 heavy (non-hydrogen) atoms. The van der Waals surface area contributed by atoms with Crippen LogP contribution in [0, 0.1) is 23.7 Å². The quantitative estimate of drug-likeness (QED) is 0.177. The molecule has 0 saturated carbocycles. The number of rotatable bonds is 12. The summed E-state index contributed by atoms with van der Waals surface area (Å²) in [6, 6.07) is -5.82. The summed E-state index contributed by atoms with van der Waals surface area (Å²) in [6.45, 7) is 18.1. The topological polar surface area (TPSA) is 247 Å². The van der Waals surface area contributed by atoms with Crippen LogP contribution >= 0.6 is 0 Å². The summed E-state index contributed by atoms with van der Waals surface area (Å²) >= 11 is 0. The molecule has 19 nitrogen and oxygen atoms in total. The Morgan fingerprint density at radius 2 is 1.19 bits per heavy atom. The average Bonchev–Trinajstić information content (AvgIpc) is 3.85. The van der Waals surface area contributed by atoms with Crippen LogP contribution in [0.25, 0.3) is 0 Å². The molecule has 3 saturated heterocycles. The SMILES string of the molecule is CC(C)C[C@@H]1NC(=O)[C@H](CC(C)C)NC(=O)[C@H](CC(C)C)N(C)C(=O)[C@H]([C@@H](C)O)NC(=O)[C@H](Cc2ccc(C(F)(F)F)cc2)NC(=O)[C@](C)(CC(C)C)N(C)C(=O)[C@@H]2CCCN2C(=O)C[C@@H](C(=O)N2CCCCC2)NC1=O. The van der Waals surface area contributed by atoms with Crippen LogP contribution in [0.4, 0.5) is 13.2 Å². The Hall–Kier alpha value is -5.80. The van der Waals surface area contributed by atoms with Crippen molar-refractivity contribution in [1.82, 2.24) is 46.2 Å². The van der Waals surface area contributed by atoms with Crippen molar-refractivity contribution in [3.8, 4) is 0 Å². The van der Waals surface area contributed by atoms with E-state index in [1.165, 1.54) is 37.7 Å². The lowest BCUT2D eigenvalue weighted by molar-refractivity contribution is -0.153. The maximum atomic E-state index is 15.0. The molecule has 3 aliphatic rings. The van der Waals surface area contributed by atoms with Gasteiger partial charge in [-0.3, -0.25) is 43.2 Å². The van der Waals surface area contributed by atoms with E-state index in [0.717, 1.165) is 35.6 Å². The van der Waals surface area contributed by atoms with Gasteiger partial charge in [-0.2, -0.15) is 13.2 Å². The largest absolute Gasteiger partial charge is 0.416 e. The van der Waals surface area contributed by atoms with Crippen LogP contribution in [0.5, 0.6) is 0 Å². The van der Waals surface area contributed by atoms with Crippen LogP contribution in [0.2, 0.25) is 0 Å². The third-order valence-electron chi connectivity index (χ3n) is 14.8. The fraction of sp³-hybridized carbons (Fsp3) is 0.727. The molecule has 4 rings (SSSR count). The first-order valence-electron chi connectivity index (χ1n) is 27.3. The van der Waals surface area contributed by atoms with Crippen molar-refractivity contribution in [3.05, 3.63) is 35.4 Å². The molecule has 0 radical (unpaired) electrons. The molecule has 0 unspecified atom stereocenters. The van der Waals surface area contributed by atoms with Crippen molar-refractivity contribution in [2.45, 2.75) is 200 Å². The molecule has 22 heteroatoms. The van der Waals surface area contributed by atoms with Gasteiger partial charge in [0.1, 0.15) is 47.8 Å². The minimum absolute atomic E-state index is 0.0137. The van der Waals surface area contributed by atoms with Gasteiger partial charge in [-0.05, 0) is 113 Å². The van der Waals surface area contributed by atoms with Crippen molar-refractivity contribution in [2.24, 2.45) is 23.7 Å². The zero-order chi connectivity index (χ0) is 57.9. The smallest absolute Gasteiger partial charge is 0.391 e. The van der Waals surface area contributed by atoms with Gasteiger partial charge in [-0.15, -0.1) is 0 Å². The molecule has 3 aliphatic heterocycles. The zero-order valence-corrected chi connectivity index (χ0v) is 47.2. The summed E-state index contributed by atoms with van der Waals surface area (Å²) in [7, 11) is 2.69. The van der Waals surface area contributed by atoms with Gasteiger partial charge in [0, 0.05) is 40.2 Å². The molecule has 6 N–H and O–H groups in total. The molecular formula is C55H86F3N9O10. The summed E-state index contributed by atoms with van der Waals surface area (Å²) < 4.78 is 41.0. The van der Waals surface area contributed by atoms with E-state index < -0.39 is 132 Å². The van der Waals surface area contributed by atoms with Gasteiger partial charge in [0.05, 0.1) is 18.1 Å². The van der Waals surface area contributed by atoms with E-state index in [0.29, 0.717) is 32.4 Å². The van der Waals surface area contributed by atoms with E-state index in [1.807, 2.05) is 27.7 Å². The summed E-state index contributed by atoms with van der Waals surface area (Å²) in [6.07, 6.45) is -4.17. The van der Waals surface area contributed by atoms with Crippen LogP contribution in [0.1, 0.15) is 145 Å². The number of amides is 9. The number of fused-ring (bicyclic) bond motifs is 1. The van der Waals surface area contributed by atoms with Crippen LogP contribution in [-0.4, -0.2) is 166 Å². The molecule has 0 bridgehead atoms. The van der Waals surface area contributed by atoms with Gasteiger partial charge in [0.2, 0.25) is 53.2 Å². The molecule has 0 aromatic heterocycles. The highest BCUT2D eigenvalue weighted by atomic mass is 19.4. The summed E-state index contributed by atoms with van der Waals surface area (Å²) in [5.74, 6) is -7.67. The Bertz CT molecular complexity index is 2250. The van der Waals surface area contributed by atoms with Crippen LogP contribution in [0.15, 0.2) is 24.3 Å². The first-order valence-corrected chi connectivity index (χ1v) is 27.3. The first-order chi connectivity index (χ1) is 35.8. The monoisotopic (exact) mass is 1090 g/mol. The predicted octanol–water partition coefficient (Wildman–Crippen LogP) is 3.69. The van der Waals surface area contributed by atoms with Crippen molar-refractivity contribution in [1.29, 1.82) is 0 Å². The number of nitrogens with one attached hydrogen (secondary N) is 5. The second kappa shape index (κ2) is 27.7. The highest BCUT2D eigenvalue weighted by molar-refractivity contribution is 6.00. The molecule has 9 amide bonds. The van der Waals surface area contributed by atoms with Gasteiger partial charge in [-0.25, -0.2) is 0 Å². The van der Waals surface area contributed by atoms with Gasteiger partial charge in [0.15, 0.2) is 0 Å². The minimum Gasteiger partial charge on any atom is -0.391 e. The Labute approximate surface area is 452 Å². The van der Waals surface area contributed by atoms with E-state index in [2.05, 4.69) is 26.6 Å². The van der Waals surface area contributed by atoms with Crippen LogP contribution in [0.3, 0.4) is 0 Å². The molecular weight excluding hydrogens is 1000 g/mol. The number of hydrogen-bond donors (Lipinski definition) is 6. The highest BCUT2D eigenvalue weighted by Gasteiger charge is 2.48. The number of hydrogen-bond acceptors (Lipinski definition) is 10. The van der Waals surface area contributed by atoms with Crippen molar-refractivity contribution >= 4 is 53.2 Å². The number of carbonyl (C=O) groups is 9. The fourth-order valence-corrected chi connectivity index (χ4v) is 10.5. The van der Waals surface area contributed by atoms with E-state index in [1.54, 1.807) is 32.6 Å². The Kier molecular flexibility index (Phi) is 22.9. The summed E-state index contributed by atoms with van der Waals surface area (Å²) in [4.78, 5) is 137. The number of likely N-dealkylation sites (N-methyl/N-ethyl adjacent to an activating group) is 2. The fourth-order valence-electron chi connectivity index (χ4n) is 10.5. The predicted molar refractivity (Wildman–Crippen MR) is 282 cm³/mol. The van der Waals surface area contributed by atoms with E-state index in [4.69, 9.17) is 0 Å². The van der Waals surface area contributed by atoms with E-state index >= 15 is 0 Å². The number of carbonyl (C=O) groups excluding carboxylic acids is 9. The lowest BCUT2D eigenvalue weighted by Gasteiger charge is -2.42. The zero-order valence-electron chi connectivity index (χ0n) is 47.2. The Morgan fingerprint density at radius 1 is 0.662 bits per heavy atom. The maximum absolute atomic E-state index is 15.0. The Balaban J connectivity index is 1.92. The lowest BCUT2D eigenvalue weighted by Crippen LogP contribution is -2.65. The number of nitrogens with zero attached hydrogens (tertiary/aromatic N) is 4. The molecule has 3 fully saturated rings. The van der Waals surface area contributed by atoms with Gasteiger partial charge >= 0.3 is 6.18 Å². The molecule has 1 aromatic rings. The number of aliphatic hydroxyl groups is 1. The third-order valence-corrected chi connectivity index (χ3v) is 14.8. The summed E-state index contributed by atoms with van der Waals surface area (Å²) in [5.41, 5.74) is -2.55. The minimum atomic E-state index is -4.69. The number of likely N-dealkylation sites (tertiary alicyclic amines) is 1. The van der Waals surface area contributed by atoms with Crippen LogP contribution in [-0.2, 0) is 55.7 Å². The molecule has 1 aromatic carbocycles. The number of alkyl halides is 3. The van der Waals surface area contributed by atoms with Gasteiger partial charge < -0.3 is 51.3 Å². The van der Waals surface area contributed by atoms with Crippen molar-refractivity contribution < 1.29 is 61.4 Å². The molecule has 0 spiro atoms. The number of aliphatic hydroxyl groups excluding tert-OH is 1. The molecule has 0 aliphatic carbocycles. The Morgan fingerprint density at radius 3 is 1.71 bits per heavy atom. The number of benzene rings is 1. The summed E-state index contributed by atoms with van der Waals surface area (Å²) in [5, 5.41) is 24.8. The van der Waals surface area contributed by atoms with Gasteiger partial charge in [0.25, 0.3) is 0 Å². The van der Waals surface area contributed by atoms with E-state index in [9.17, 15) is 61.4 Å². The number of piperidine rings is 1. The van der Waals surface area contributed by atoms with E-state index in [-0.39, 0.29) is 67.9 Å². The standard InChI is InChI=1S/C55H86F3N9O10/c1-31(2)25-38-47(71)61-41(50(74)66-22-14-13-15-23-66)29-44(69)67-24-16-17-42(67)51(75)65(12)54(10,30-34(7)8)53(77)62-40(28-36-18-20-37(21-19-36)55(56,57)58)48(72)63-45(35(9)68)52(76)64(11)43(27-33(5)6)49(73)60-39(26-32(3)4)46(70)59-38/h18-21,31-35,38-43,45,68H,13-17,22-30H2,1-12H3,(H,59,70)(H,60,73)(H,61,71)(H,62,77)(H,63,72)/t35-,38+,39+,40+,41+,42+,43+,45+,54+/m1/s1. The third kappa shape index (κ3) is 17.3. The number of halogens is 3. The van der Waals surface area contributed by atoms with Crippen LogP contribution < -0.4 is 26.6 Å². The highest BCUT2D eigenvalue weighted by Crippen LogP contribution is 2.31. The van der Waals surface area contributed by atoms with Crippen molar-refractivity contribution in [3.63, 3.8) is 0 Å². The molecule has 3 heterocycles. The van der Waals surface area contributed by atoms with Gasteiger partial charge in [-0.1, -0.05) is 67.5 Å². The van der Waals surface area contributed by atoms with Crippen molar-refractivity contribution in [2.75, 3.05) is 33.7 Å². The molecule has 9 atom stereocenters. The average molecular weight is 1090 g/mol. The normalized spacial score (nSPS) is 27.2. The molecule has 432 valence electrons. The lowest BCUT2D eigenvalue weighted by atomic mass is 9.87. The maximum Gasteiger partial charge on any atom is 0.416 e. The first kappa shape index (κ1) is 63.7.